The molecule has 1 saturated heterocycles. The van der Waals surface area contributed by atoms with Crippen LogP contribution in [0.2, 0.25) is 5.02 Å². The molecule has 184 valence electrons. The Morgan fingerprint density at radius 3 is 2.47 bits per heavy atom. The van der Waals surface area contributed by atoms with Gasteiger partial charge in [-0.15, -0.1) is 0 Å². The molecule has 3 aromatic carbocycles. The van der Waals surface area contributed by atoms with Gasteiger partial charge in [0.15, 0.2) is 11.5 Å². The maximum Gasteiger partial charge on any atom is 0.343 e. The first-order chi connectivity index (χ1) is 17.3. The highest BCUT2D eigenvalue weighted by molar-refractivity contribution is 9.10. The molecular formula is C26H18Br2ClNO5S. The van der Waals surface area contributed by atoms with Gasteiger partial charge in [0, 0.05) is 9.50 Å². The molecular weight excluding hydrogens is 634 g/mol. The fourth-order valence-corrected chi connectivity index (χ4v) is 5.27. The minimum absolute atomic E-state index is 0.164. The Bertz CT molecular complexity index is 1380. The van der Waals surface area contributed by atoms with Crippen LogP contribution in [0.15, 0.2) is 74.5 Å². The number of imide groups is 1. The maximum atomic E-state index is 13.0. The molecule has 0 aromatic heterocycles. The van der Waals surface area contributed by atoms with Gasteiger partial charge in [0.1, 0.15) is 0 Å². The number of hydrogen-bond donors (Lipinski definition) is 0. The highest BCUT2D eigenvalue weighted by Gasteiger charge is 2.35. The van der Waals surface area contributed by atoms with E-state index >= 15 is 0 Å². The summed E-state index contributed by atoms with van der Waals surface area (Å²) in [6, 6.07) is 17.1. The third kappa shape index (κ3) is 6.03. The second-order valence-electron chi connectivity index (χ2n) is 7.52. The van der Waals surface area contributed by atoms with Crippen molar-refractivity contribution in [2.75, 3.05) is 6.61 Å². The molecule has 0 radical (unpaired) electrons. The Hall–Kier alpha value is -2.59. The zero-order chi connectivity index (χ0) is 25.8. The van der Waals surface area contributed by atoms with Gasteiger partial charge in [-0.3, -0.25) is 14.5 Å². The van der Waals surface area contributed by atoms with E-state index in [0.717, 1.165) is 21.8 Å². The Kier molecular flexibility index (Phi) is 8.56. The number of benzene rings is 3. The Labute approximate surface area is 233 Å². The van der Waals surface area contributed by atoms with Crippen LogP contribution in [0.1, 0.15) is 28.4 Å². The maximum absolute atomic E-state index is 13.0. The Balaban J connectivity index is 1.59. The molecule has 0 unspecified atom stereocenters. The summed E-state index contributed by atoms with van der Waals surface area (Å²) in [7, 11) is 0. The van der Waals surface area contributed by atoms with Crippen LogP contribution >= 0.6 is 55.2 Å². The second kappa shape index (κ2) is 11.6. The van der Waals surface area contributed by atoms with Gasteiger partial charge < -0.3 is 9.47 Å². The van der Waals surface area contributed by atoms with Crippen molar-refractivity contribution in [2.45, 2.75) is 13.5 Å². The molecule has 0 aliphatic carbocycles. The quantitative estimate of drug-likeness (QED) is 0.148. The number of halogens is 3. The van der Waals surface area contributed by atoms with Gasteiger partial charge in [-0.25, -0.2) is 4.79 Å². The van der Waals surface area contributed by atoms with E-state index in [4.69, 9.17) is 21.1 Å². The van der Waals surface area contributed by atoms with Crippen molar-refractivity contribution in [2.24, 2.45) is 0 Å². The molecule has 1 aliphatic rings. The number of carbonyl (C=O) groups is 3. The van der Waals surface area contributed by atoms with Crippen molar-refractivity contribution in [1.29, 1.82) is 0 Å². The number of esters is 1. The van der Waals surface area contributed by atoms with Crippen LogP contribution in [-0.2, 0) is 11.3 Å². The number of nitrogens with zero attached hydrogens (tertiary/aromatic N) is 1. The van der Waals surface area contributed by atoms with E-state index in [1.54, 1.807) is 49.4 Å². The SMILES string of the molecule is CCOc1cc(/C=C2\SC(=O)N(Cc3ccccc3Br)C2=O)cc(Br)c1OC(=O)c1ccc(Cl)cc1. The lowest BCUT2D eigenvalue weighted by Crippen LogP contribution is -2.27. The summed E-state index contributed by atoms with van der Waals surface area (Å²) < 4.78 is 12.6. The summed E-state index contributed by atoms with van der Waals surface area (Å²) in [5, 5.41) is 0.160. The lowest BCUT2D eigenvalue weighted by molar-refractivity contribution is -0.123. The van der Waals surface area contributed by atoms with Gasteiger partial charge in [0.05, 0.1) is 28.1 Å². The normalized spacial score (nSPS) is 14.4. The number of amides is 2. The van der Waals surface area contributed by atoms with E-state index in [2.05, 4.69) is 31.9 Å². The molecule has 1 heterocycles. The molecule has 0 spiro atoms. The van der Waals surface area contributed by atoms with Gasteiger partial charge >= 0.3 is 5.97 Å². The monoisotopic (exact) mass is 649 g/mol. The fourth-order valence-electron chi connectivity index (χ4n) is 3.36. The lowest BCUT2D eigenvalue weighted by atomic mass is 10.1. The molecule has 4 rings (SSSR count). The van der Waals surface area contributed by atoms with E-state index in [9.17, 15) is 14.4 Å². The van der Waals surface area contributed by atoms with Crippen molar-refractivity contribution in [3.8, 4) is 11.5 Å². The zero-order valence-corrected chi connectivity index (χ0v) is 23.5. The Morgan fingerprint density at radius 1 is 1.06 bits per heavy atom. The summed E-state index contributed by atoms with van der Waals surface area (Å²) in [5.41, 5.74) is 1.76. The van der Waals surface area contributed by atoms with E-state index in [1.807, 2.05) is 24.3 Å². The largest absolute Gasteiger partial charge is 0.490 e. The van der Waals surface area contributed by atoms with Gasteiger partial charge in [-0.05, 0) is 94.3 Å². The molecule has 1 aliphatic heterocycles. The summed E-state index contributed by atoms with van der Waals surface area (Å²) in [4.78, 5) is 39.7. The van der Waals surface area contributed by atoms with Crippen LogP contribution in [0, 0.1) is 0 Å². The van der Waals surface area contributed by atoms with Crippen molar-refractivity contribution >= 4 is 78.4 Å². The lowest BCUT2D eigenvalue weighted by Gasteiger charge is -2.14. The smallest absolute Gasteiger partial charge is 0.343 e. The molecule has 1 fully saturated rings. The minimum Gasteiger partial charge on any atom is -0.490 e. The summed E-state index contributed by atoms with van der Waals surface area (Å²) in [5.74, 6) is -0.439. The molecule has 2 amide bonds. The van der Waals surface area contributed by atoms with Crippen molar-refractivity contribution in [1.82, 2.24) is 4.90 Å². The molecule has 0 saturated carbocycles. The highest BCUT2D eigenvalue weighted by atomic mass is 79.9. The fraction of sp³-hybridized carbons (Fsp3) is 0.115. The standard InChI is InChI=1S/C26H18Br2ClNO5S/c1-2-34-21-12-15(11-20(28)23(21)35-25(32)16-7-9-18(29)10-8-16)13-22-24(31)30(26(33)36-22)14-17-5-3-4-6-19(17)27/h3-13H,2,14H2,1H3/b22-13-. The van der Waals surface area contributed by atoms with Crippen molar-refractivity contribution in [3.05, 3.63) is 96.2 Å². The predicted octanol–water partition coefficient (Wildman–Crippen LogP) is 7.72. The molecule has 0 N–H and O–H groups in total. The Morgan fingerprint density at radius 2 is 1.78 bits per heavy atom. The van der Waals surface area contributed by atoms with Crippen molar-refractivity contribution in [3.63, 3.8) is 0 Å². The van der Waals surface area contributed by atoms with Crippen LogP contribution in [-0.4, -0.2) is 28.6 Å². The molecule has 6 nitrogen and oxygen atoms in total. The topological polar surface area (TPSA) is 72.9 Å². The zero-order valence-electron chi connectivity index (χ0n) is 18.8. The summed E-state index contributed by atoms with van der Waals surface area (Å²) >= 11 is 13.7. The van der Waals surface area contributed by atoms with Crippen LogP contribution < -0.4 is 9.47 Å². The third-order valence-corrected chi connectivity index (χ3v) is 7.59. The summed E-state index contributed by atoms with van der Waals surface area (Å²) in [6.07, 6.45) is 1.61. The van der Waals surface area contributed by atoms with Gasteiger partial charge in [-0.2, -0.15) is 0 Å². The molecule has 10 heteroatoms. The van der Waals surface area contributed by atoms with Crippen LogP contribution in [0.4, 0.5) is 4.79 Å². The molecule has 0 atom stereocenters. The highest BCUT2D eigenvalue weighted by Crippen LogP contribution is 2.40. The van der Waals surface area contributed by atoms with E-state index in [1.165, 1.54) is 4.90 Å². The van der Waals surface area contributed by atoms with E-state index < -0.39 is 5.97 Å². The number of thioether (sulfide) groups is 1. The van der Waals surface area contributed by atoms with Gasteiger partial charge in [0.2, 0.25) is 0 Å². The second-order valence-corrected chi connectivity index (χ2v) is 10.7. The number of rotatable bonds is 7. The van der Waals surface area contributed by atoms with Crippen LogP contribution in [0.3, 0.4) is 0 Å². The van der Waals surface area contributed by atoms with Crippen LogP contribution in [0.25, 0.3) is 6.08 Å². The van der Waals surface area contributed by atoms with Crippen molar-refractivity contribution < 1.29 is 23.9 Å². The summed E-state index contributed by atoms with van der Waals surface area (Å²) in [6.45, 7) is 2.29. The van der Waals surface area contributed by atoms with E-state index in [0.29, 0.717) is 33.0 Å². The first-order valence-corrected chi connectivity index (χ1v) is 13.5. The number of ether oxygens (including phenoxy) is 2. The molecule has 36 heavy (non-hydrogen) atoms. The average molecular weight is 652 g/mol. The van der Waals surface area contributed by atoms with Gasteiger partial charge in [0.25, 0.3) is 11.1 Å². The molecule has 0 bridgehead atoms. The predicted molar refractivity (Wildman–Crippen MR) is 147 cm³/mol. The first-order valence-electron chi connectivity index (χ1n) is 10.7. The van der Waals surface area contributed by atoms with Crippen LogP contribution in [0.5, 0.6) is 11.5 Å². The average Bonchev–Trinajstić information content (AvgIpc) is 3.10. The van der Waals surface area contributed by atoms with E-state index in [-0.39, 0.29) is 28.3 Å². The third-order valence-electron chi connectivity index (χ3n) is 5.06. The number of hydrogen-bond acceptors (Lipinski definition) is 6. The molecule has 3 aromatic rings. The first kappa shape index (κ1) is 26.5. The minimum atomic E-state index is -0.575. The van der Waals surface area contributed by atoms with Gasteiger partial charge in [-0.1, -0.05) is 45.7 Å². The number of carbonyl (C=O) groups excluding carboxylic acids is 3.